The highest BCUT2D eigenvalue weighted by atomic mass is 16.3. The summed E-state index contributed by atoms with van der Waals surface area (Å²) in [4.78, 5) is 24.0. The normalized spacial score (nSPS) is 18.6. The number of amides is 1. The highest BCUT2D eigenvalue weighted by Crippen LogP contribution is 2.23. The van der Waals surface area contributed by atoms with Crippen LogP contribution in [-0.2, 0) is 11.3 Å². The number of piperidine rings is 1. The Morgan fingerprint density at radius 3 is 2.23 bits per heavy atom. The number of hydrogen-bond donors (Lipinski definition) is 2. The molecule has 2 fully saturated rings. The summed E-state index contributed by atoms with van der Waals surface area (Å²) in [5.41, 5.74) is 2.87. The van der Waals surface area contributed by atoms with Gasteiger partial charge in [-0.25, -0.2) is 4.99 Å². The summed E-state index contributed by atoms with van der Waals surface area (Å²) in [6, 6.07) is 4.00. The van der Waals surface area contributed by atoms with Crippen molar-refractivity contribution in [3.63, 3.8) is 0 Å². The van der Waals surface area contributed by atoms with Crippen LogP contribution >= 0.6 is 0 Å². The Bertz CT molecular complexity index is 727. The predicted molar refractivity (Wildman–Crippen MR) is 121 cm³/mol. The lowest BCUT2D eigenvalue weighted by Gasteiger charge is -2.37. The van der Waals surface area contributed by atoms with Gasteiger partial charge in [-0.05, 0) is 56.7 Å². The van der Waals surface area contributed by atoms with Crippen molar-refractivity contribution in [3.8, 4) is 5.75 Å². The van der Waals surface area contributed by atoms with E-state index in [9.17, 15) is 9.90 Å². The van der Waals surface area contributed by atoms with Crippen LogP contribution in [0.15, 0.2) is 17.1 Å². The van der Waals surface area contributed by atoms with Gasteiger partial charge < -0.3 is 20.2 Å². The quantitative estimate of drug-likeness (QED) is 0.569. The zero-order valence-corrected chi connectivity index (χ0v) is 18.8. The second-order valence-electron chi connectivity index (χ2n) is 8.45. The highest BCUT2D eigenvalue weighted by molar-refractivity contribution is 5.80. The van der Waals surface area contributed by atoms with E-state index in [2.05, 4.69) is 22.0 Å². The van der Waals surface area contributed by atoms with Crippen LogP contribution in [0.3, 0.4) is 0 Å². The molecule has 0 radical (unpaired) electrons. The number of guanidine groups is 1. The minimum absolute atomic E-state index is 0.279. The number of nitrogens with zero attached hydrogens (tertiary/aromatic N) is 4. The first-order valence-corrected chi connectivity index (χ1v) is 11.3. The molecule has 7 heteroatoms. The first-order valence-electron chi connectivity index (χ1n) is 11.3. The first-order chi connectivity index (χ1) is 14.5. The molecule has 0 aromatic heterocycles. The van der Waals surface area contributed by atoms with Crippen molar-refractivity contribution >= 4 is 11.9 Å². The summed E-state index contributed by atoms with van der Waals surface area (Å²) in [5.74, 6) is 1.56. The third-order valence-electron chi connectivity index (χ3n) is 6.04. The lowest BCUT2D eigenvalue weighted by atomic mass is 10.1. The molecule has 3 rings (SSSR count). The molecule has 2 N–H and O–H groups in total. The molecule has 2 aliphatic heterocycles. The minimum Gasteiger partial charge on any atom is -0.507 e. The Hall–Kier alpha value is -2.28. The van der Waals surface area contributed by atoms with Crippen LogP contribution in [0, 0.1) is 13.8 Å². The summed E-state index contributed by atoms with van der Waals surface area (Å²) in [6.07, 6.45) is 3.53. The molecule has 30 heavy (non-hydrogen) atoms. The molecular formula is C23H37N5O2. The maximum atomic E-state index is 12.5. The van der Waals surface area contributed by atoms with Crippen LogP contribution in [0.1, 0.15) is 42.9 Å². The van der Waals surface area contributed by atoms with Gasteiger partial charge in [-0.3, -0.25) is 9.69 Å². The van der Waals surface area contributed by atoms with Crippen molar-refractivity contribution in [2.75, 3.05) is 52.4 Å². The van der Waals surface area contributed by atoms with E-state index in [1.54, 1.807) is 0 Å². The molecule has 0 saturated carbocycles. The van der Waals surface area contributed by atoms with E-state index in [4.69, 9.17) is 4.99 Å². The van der Waals surface area contributed by atoms with E-state index in [-0.39, 0.29) is 5.91 Å². The number of benzene rings is 1. The van der Waals surface area contributed by atoms with Crippen molar-refractivity contribution < 1.29 is 9.90 Å². The van der Waals surface area contributed by atoms with Crippen LogP contribution in [-0.4, -0.2) is 84.0 Å². The van der Waals surface area contributed by atoms with Crippen molar-refractivity contribution in [2.45, 2.75) is 46.6 Å². The number of hydrogen-bond acceptors (Lipinski definition) is 4. The molecule has 0 spiro atoms. The number of carbonyl (C=O) groups is 1. The van der Waals surface area contributed by atoms with E-state index in [0.717, 1.165) is 81.3 Å². The smallest absolute Gasteiger partial charge is 0.236 e. The van der Waals surface area contributed by atoms with Crippen LogP contribution in [0.2, 0.25) is 0 Å². The molecule has 0 atom stereocenters. The number of piperazine rings is 1. The number of carbonyl (C=O) groups excluding carboxylic acids is 1. The minimum atomic E-state index is 0.279. The lowest BCUT2D eigenvalue weighted by Crippen LogP contribution is -2.54. The molecule has 1 aromatic carbocycles. The number of aromatic hydroxyl groups is 1. The van der Waals surface area contributed by atoms with E-state index in [1.807, 2.05) is 30.9 Å². The second kappa shape index (κ2) is 10.7. The zero-order valence-electron chi connectivity index (χ0n) is 18.8. The zero-order chi connectivity index (χ0) is 21.5. The molecule has 0 bridgehead atoms. The van der Waals surface area contributed by atoms with Gasteiger partial charge in [0.1, 0.15) is 5.75 Å². The number of rotatable bonds is 5. The Morgan fingerprint density at radius 2 is 1.63 bits per heavy atom. The van der Waals surface area contributed by atoms with Gasteiger partial charge in [0.05, 0.1) is 13.1 Å². The Morgan fingerprint density at radius 1 is 1.00 bits per heavy atom. The van der Waals surface area contributed by atoms with Crippen molar-refractivity contribution in [3.05, 3.63) is 28.8 Å². The fraction of sp³-hybridized carbons (Fsp3) is 0.652. The molecule has 166 valence electrons. The van der Waals surface area contributed by atoms with Crippen LogP contribution < -0.4 is 5.32 Å². The maximum absolute atomic E-state index is 12.5. The number of phenols is 1. The highest BCUT2D eigenvalue weighted by Gasteiger charge is 2.24. The summed E-state index contributed by atoms with van der Waals surface area (Å²) in [5, 5.41) is 13.4. The van der Waals surface area contributed by atoms with E-state index < -0.39 is 0 Å². The molecule has 2 saturated heterocycles. The number of nitrogens with one attached hydrogen (secondary N) is 1. The Kier molecular flexibility index (Phi) is 7.96. The Balaban J connectivity index is 1.54. The van der Waals surface area contributed by atoms with Crippen molar-refractivity contribution in [1.82, 2.24) is 20.0 Å². The molecule has 0 aliphatic carbocycles. The third-order valence-corrected chi connectivity index (χ3v) is 6.04. The summed E-state index contributed by atoms with van der Waals surface area (Å²) >= 11 is 0. The van der Waals surface area contributed by atoms with Crippen molar-refractivity contribution in [1.29, 1.82) is 0 Å². The second-order valence-corrected chi connectivity index (χ2v) is 8.45. The fourth-order valence-corrected chi connectivity index (χ4v) is 4.28. The van der Waals surface area contributed by atoms with Crippen LogP contribution in [0.5, 0.6) is 5.75 Å². The largest absolute Gasteiger partial charge is 0.507 e. The van der Waals surface area contributed by atoms with E-state index in [0.29, 0.717) is 18.8 Å². The summed E-state index contributed by atoms with van der Waals surface area (Å²) < 4.78 is 0. The topological polar surface area (TPSA) is 71.4 Å². The average Bonchev–Trinajstić information content (AvgIpc) is 2.76. The number of likely N-dealkylation sites (tertiary alicyclic amines) is 1. The van der Waals surface area contributed by atoms with Crippen LogP contribution in [0.4, 0.5) is 0 Å². The molecule has 1 amide bonds. The van der Waals surface area contributed by atoms with Gasteiger partial charge in [-0.1, -0.05) is 12.1 Å². The summed E-state index contributed by atoms with van der Waals surface area (Å²) in [6.45, 7) is 13.2. The predicted octanol–water partition coefficient (Wildman–Crippen LogP) is 2.10. The SMILES string of the molecule is CCNC(=NCc1cc(C)c(O)c(C)c1)N1CCN(CC(=O)N2CCCCC2)CC1. The third kappa shape index (κ3) is 5.88. The standard InChI is InChI=1S/C23H37N5O2/c1-4-24-23(25-16-20-14-18(2)22(30)19(3)15-20)28-12-10-26(11-13-28)17-21(29)27-8-6-5-7-9-27/h14-15,30H,4-13,16-17H2,1-3H3,(H,24,25). The monoisotopic (exact) mass is 415 g/mol. The number of aliphatic imine (C=N–C) groups is 1. The maximum Gasteiger partial charge on any atom is 0.236 e. The molecular weight excluding hydrogens is 378 g/mol. The number of aryl methyl sites for hydroxylation is 2. The van der Waals surface area contributed by atoms with Gasteiger partial charge in [0.25, 0.3) is 0 Å². The van der Waals surface area contributed by atoms with Gasteiger partial charge in [0.15, 0.2) is 5.96 Å². The van der Waals surface area contributed by atoms with Gasteiger partial charge in [-0.2, -0.15) is 0 Å². The fourth-order valence-electron chi connectivity index (χ4n) is 4.28. The van der Waals surface area contributed by atoms with E-state index in [1.165, 1.54) is 6.42 Å². The van der Waals surface area contributed by atoms with Crippen molar-refractivity contribution in [2.24, 2.45) is 4.99 Å². The van der Waals surface area contributed by atoms with Gasteiger partial charge >= 0.3 is 0 Å². The lowest BCUT2D eigenvalue weighted by molar-refractivity contribution is -0.133. The summed E-state index contributed by atoms with van der Waals surface area (Å²) in [7, 11) is 0. The number of phenolic OH excluding ortho intramolecular Hbond substituents is 1. The van der Waals surface area contributed by atoms with Gasteiger partial charge in [-0.15, -0.1) is 0 Å². The molecule has 1 aromatic rings. The molecule has 7 nitrogen and oxygen atoms in total. The molecule has 0 unspecified atom stereocenters. The molecule has 2 aliphatic rings. The molecule has 2 heterocycles. The van der Waals surface area contributed by atoms with Crippen LogP contribution in [0.25, 0.3) is 0 Å². The Labute approximate surface area is 180 Å². The van der Waals surface area contributed by atoms with E-state index >= 15 is 0 Å². The van der Waals surface area contributed by atoms with Gasteiger partial charge in [0.2, 0.25) is 5.91 Å². The first kappa shape index (κ1) is 22.4. The van der Waals surface area contributed by atoms with Gasteiger partial charge in [0, 0.05) is 45.8 Å². The average molecular weight is 416 g/mol.